The van der Waals surface area contributed by atoms with Crippen LogP contribution in [0.5, 0.6) is 0 Å². The van der Waals surface area contributed by atoms with Gasteiger partial charge in [0.15, 0.2) is 0 Å². The molecular weight excluding hydrogens is 415 g/mol. The normalized spacial score (nSPS) is 12.9. The summed E-state index contributed by atoms with van der Waals surface area (Å²) in [5.74, 6) is 0.799. The summed E-state index contributed by atoms with van der Waals surface area (Å²) in [4.78, 5) is 13.5. The number of rotatable bonds is 4. The fourth-order valence-corrected chi connectivity index (χ4v) is 4.94. The Kier molecular flexibility index (Phi) is 5.27. The number of anilines is 1. The van der Waals surface area contributed by atoms with Gasteiger partial charge in [-0.2, -0.15) is 5.26 Å². The molecule has 7 heteroatoms. The van der Waals surface area contributed by atoms with Gasteiger partial charge in [-0.15, -0.1) is 11.3 Å². The molecule has 1 aliphatic rings. The Morgan fingerprint density at radius 3 is 2.89 bits per heavy atom. The topological polar surface area (TPSA) is 66.0 Å². The molecule has 4 nitrogen and oxygen atoms in total. The van der Waals surface area contributed by atoms with Crippen molar-refractivity contribution in [1.29, 1.82) is 5.26 Å². The first-order chi connectivity index (χ1) is 13.5. The molecule has 0 unspecified atom stereocenters. The first kappa shape index (κ1) is 18.8. The lowest BCUT2D eigenvalue weighted by molar-refractivity contribution is -0.111. The maximum absolute atomic E-state index is 12.3. The molecule has 0 spiro atoms. The third-order valence-electron chi connectivity index (χ3n) is 4.49. The van der Waals surface area contributed by atoms with E-state index in [1.54, 1.807) is 36.4 Å². The van der Waals surface area contributed by atoms with Crippen molar-refractivity contribution in [3.8, 4) is 17.4 Å². The number of hydrogen-bond acceptors (Lipinski definition) is 4. The molecule has 0 saturated carbocycles. The molecule has 0 aliphatic heterocycles. The Morgan fingerprint density at radius 2 is 2.11 bits per heavy atom. The van der Waals surface area contributed by atoms with Crippen LogP contribution in [0, 0.1) is 11.3 Å². The number of fused-ring (bicyclic) bond motifs is 1. The molecule has 28 heavy (non-hydrogen) atoms. The second kappa shape index (κ2) is 7.84. The number of nitrogens with zero attached hydrogens (tertiary/aromatic N) is 1. The Morgan fingerprint density at radius 1 is 1.25 bits per heavy atom. The van der Waals surface area contributed by atoms with Crippen molar-refractivity contribution in [3.63, 3.8) is 0 Å². The SMILES string of the molecule is N#Cc1c(NC(=O)/C=C/c2ccc(-c3ccc(Cl)cc3Cl)o2)sc2c1CCC2. The van der Waals surface area contributed by atoms with Crippen LogP contribution < -0.4 is 5.32 Å². The first-order valence-corrected chi connectivity index (χ1v) is 10.2. The van der Waals surface area contributed by atoms with Gasteiger partial charge in [0.1, 0.15) is 22.6 Å². The fourth-order valence-electron chi connectivity index (χ4n) is 3.20. The zero-order valence-corrected chi connectivity index (χ0v) is 16.9. The lowest BCUT2D eigenvalue weighted by Crippen LogP contribution is -2.07. The van der Waals surface area contributed by atoms with E-state index in [4.69, 9.17) is 27.6 Å². The van der Waals surface area contributed by atoms with Gasteiger partial charge in [0, 0.05) is 21.5 Å². The highest BCUT2D eigenvalue weighted by atomic mass is 35.5. The maximum Gasteiger partial charge on any atom is 0.249 e. The predicted molar refractivity (Wildman–Crippen MR) is 113 cm³/mol. The molecule has 3 aromatic rings. The molecule has 0 bridgehead atoms. The lowest BCUT2D eigenvalue weighted by atomic mass is 10.1. The van der Waals surface area contributed by atoms with Gasteiger partial charge in [-0.3, -0.25) is 4.79 Å². The van der Waals surface area contributed by atoms with Crippen molar-refractivity contribution < 1.29 is 9.21 Å². The van der Waals surface area contributed by atoms with Crippen LogP contribution in [0.4, 0.5) is 5.00 Å². The van der Waals surface area contributed by atoms with Gasteiger partial charge in [-0.05, 0) is 61.2 Å². The minimum atomic E-state index is -0.307. The van der Waals surface area contributed by atoms with E-state index < -0.39 is 0 Å². The van der Waals surface area contributed by atoms with Crippen molar-refractivity contribution in [2.24, 2.45) is 0 Å². The van der Waals surface area contributed by atoms with Gasteiger partial charge in [0.25, 0.3) is 0 Å². The highest BCUT2D eigenvalue weighted by Gasteiger charge is 2.22. The Hall–Kier alpha value is -2.52. The van der Waals surface area contributed by atoms with Crippen molar-refractivity contribution in [1.82, 2.24) is 0 Å². The summed E-state index contributed by atoms with van der Waals surface area (Å²) in [6, 6.07) is 10.9. The minimum absolute atomic E-state index is 0.307. The Balaban J connectivity index is 1.47. The Labute approximate surface area is 176 Å². The number of thiophene rings is 1. The van der Waals surface area contributed by atoms with Crippen LogP contribution >= 0.6 is 34.5 Å². The second-order valence-electron chi connectivity index (χ2n) is 6.32. The van der Waals surface area contributed by atoms with E-state index in [-0.39, 0.29) is 5.91 Å². The number of carbonyl (C=O) groups excluding carboxylic acids is 1. The molecule has 1 aromatic carbocycles. The molecule has 0 radical (unpaired) electrons. The van der Waals surface area contributed by atoms with Crippen LogP contribution in [-0.2, 0) is 17.6 Å². The number of carbonyl (C=O) groups is 1. The van der Waals surface area contributed by atoms with Gasteiger partial charge >= 0.3 is 0 Å². The van der Waals surface area contributed by atoms with Gasteiger partial charge < -0.3 is 9.73 Å². The number of halogens is 2. The molecule has 2 heterocycles. The molecule has 1 N–H and O–H groups in total. The summed E-state index contributed by atoms with van der Waals surface area (Å²) in [5, 5.41) is 13.9. The van der Waals surface area contributed by atoms with Crippen molar-refractivity contribution in [3.05, 3.63) is 68.2 Å². The summed E-state index contributed by atoms with van der Waals surface area (Å²) >= 11 is 13.6. The van der Waals surface area contributed by atoms with E-state index in [1.165, 1.54) is 22.3 Å². The van der Waals surface area contributed by atoms with Crippen LogP contribution in [0.3, 0.4) is 0 Å². The van der Waals surface area contributed by atoms with Crippen LogP contribution in [0.15, 0.2) is 40.8 Å². The predicted octanol–water partition coefficient (Wildman–Crippen LogP) is 6.33. The van der Waals surface area contributed by atoms with Crippen molar-refractivity contribution >= 4 is 51.5 Å². The third kappa shape index (κ3) is 3.72. The standard InChI is InChI=1S/C21H14Cl2N2O2S/c22-12-4-7-15(17(23)10-12)18-8-5-13(27-18)6-9-20(26)25-21-16(11-24)14-2-1-3-19(14)28-21/h4-10H,1-3H2,(H,25,26)/b9-6+. The summed E-state index contributed by atoms with van der Waals surface area (Å²) in [5.41, 5.74) is 2.40. The average Bonchev–Trinajstić information content (AvgIpc) is 3.36. The van der Waals surface area contributed by atoms with Crippen LogP contribution in [0.2, 0.25) is 10.0 Å². The number of nitrogens with one attached hydrogen (secondary N) is 1. The molecular formula is C21H14Cl2N2O2S. The summed E-state index contributed by atoms with van der Waals surface area (Å²) in [6.07, 6.45) is 5.92. The Bertz CT molecular complexity index is 1140. The van der Waals surface area contributed by atoms with Gasteiger partial charge in [-0.25, -0.2) is 0 Å². The molecule has 2 aromatic heterocycles. The lowest BCUT2D eigenvalue weighted by Gasteiger charge is -2.01. The van der Waals surface area contributed by atoms with Crippen LogP contribution in [0.1, 0.15) is 28.2 Å². The molecule has 140 valence electrons. The number of benzene rings is 1. The van der Waals surface area contributed by atoms with Crippen molar-refractivity contribution in [2.45, 2.75) is 19.3 Å². The number of furan rings is 1. The zero-order valence-electron chi connectivity index (χ0n) is 14.6. The van der Waals surface area contributed by atoms with E-state index in [1.807, 2.05) is 0 Å². The molecule has 0 fully saturated rings. The molecule has 1 aliphatic carbocycles. The molecule has 0 atom stereocenters. The highest BCUT2D eigenvalue weighted by Crippen LogP contribution is 2.38. The van der Waals surface area contributed by atoms with Gasteiger partial charge in [0.2, 0.25) is 5.91 Å². The summed E-state index contributed by atoms with van der Waals surface area (Å²) < 4.78 is 5.74. The second-order valence-corrected chi connectivity index (χ2v) is 8.27. The zero-order chi connectivity index (χ0) is 19.7. The van der Waals surface area contributed by atoms with Crippen LogP contribution in [0.25, 0.3) is 17.4 Å². The van der Waals surface area contributed by atoms with E-state index in [0.717, 1.165) is 30.4 Å². The van der Waals surface area contributed by atoms with E-state index >= 15 is 0 Å². The number of nitriles is 1. The maximum atomic E-state index is 12.3. The monoisotopic (exact) mass is 428 g/mol. The molecule has 4 rings (SSSR count). The van der Waals surface area contributed by atoms with Gasteiger partial charge in [0.05, 0.1) is 10.6 Å². The van der Waals surface area contributed by atoms with Crippen molar-refractivity contribution in [2.75, 3.05) is 5.32 Å². The van der Waals surface area contributed by atoms with E-state index in [2.05, 4.69) is 11.4 Å². The first-order valence-electron chi connectivity index (χ1n) is 8.64. The number of aryl methyl sites for hydroxylation is 1. The fraction of sp³-hybridized carbons (Fsp3) is 0.143. The summed E-state index contributed by atoms with van der Waals surface area (Å²) in [7, 11) is 0. The molecule has 1 amide bonds. The van der Waals surface area contributed by atoms with Crippen LogP contribution in [-0.4, -0.2) is 5.91 Å². The van der Waals surface area contributed by atoms with E-state index in [0.29, 0.717) is 32.1 Å². The highest BCUT2D eigenvalue weighted by molar-refractivity contribution is 7.16. The third-order valence-corrected chi connectivity index (χ3v) is 6.25. The largest absolute Gasteiger partial charge is 0.457 e. The quantitative estimate of drug-likeness (QED) is 0.493. The van der Waals surface area contributed by atoms with Gasteiger partial charge in [-0.1, -0.05) is 23.2 Å². The average molecular weight is 429 g/mol. The molecule has 0 saturated heterocycles. The summed E-state index contributed by atoms with van der Waals surface area (Å²) in [6.45, 7) is 0. The number of amides is 1. The number of hydrogen-bond donors (Lipinski definition) is 1. The minimum Gasteiger partial charge on any atom is -0.457 e. The van der Waals surface area contributed by atoms with E-state index in [9.17, 15) is 10.1 Å². The smallest absolute Gasteiger partial charge is 0.249 e.